The largest absolute Gasteiger partial charge is 0.463 e. The maximum absolute atomic E-state index is 12.0. The van der Waals surface area contributed by atoms with Crippen molar-refractivity contribution >= 4 is 22.4 Å². The molecule has 0 saturated heterocycles. The van der Waals surface area contributed by atoms with E-state index in [1.165, 1.54) is 0 Å². The second-order valence-corrected chi connectivity index (χ2v) is 5.43. The molecule has 0 aliphatic rings. The summed E-state index contributed by atoms with van der Waals surface area (Å²) in [6.07, 6.45) is 1.57. The van der Waals surface area contributed by atoms with Gasteiger partial charge in [-0.05, 0) is 48.7 Å². The summed E-state index contributed by atoms with van der Waals surface area (Å²) in [6, 6.07) is 18.2. The molecule has 0 unspecified atom stereocenters. The van der Waals surface area contributed by atoms with Gasteiger partial charge in [-0.1, -0.05) is 36.4 Å². The van der Waals surface area contributed by atoms with Crippen molar-refractivity contribution < 1.29 is 9.53 Å². The lowest BCUT2D eigenvalue weighted by molar-refractivity contribution is -0.137. The third kappa shape index (κ3) is 3.34. The van der Waals surface area contributed by atoms with Crippen molar-refractivity contribution in [1.29, 1.82) is 0 Å². The van der Waals surface area contributed by atoms with E-state index in [0.717, 1.165) is 33.3 Å². The number of benzene rings is 2. The highest BCUT2D eigenvalue weighted by atomic mass is 16.5. The fraction of sp³-hybridized carbons (Fsp3) is 0.150. The van der Waals surface area contributed by atoms with Crippen LogP contribution in [0.1, 0.15) is 23.7 Å². The number of carbonyl (C=O) groups is 1. The number of ether oxygens (including phenoxy) is 1. The summed E-state index contributed by atoms with van der Waals surface area (Å²) in [5.41, 5.74) is 5.07. The van der Waals surface area contributed by atoms with Crippen LogP contribution in [0, 0.1) is 6.92 Å². The summed E-state index contributed by atoms with van der Waals surface area (Å²) in [4.78, 5) is 15.3. The Morgan fingerprint density at radius 2 is 1.87 bits per heavy atom. The Labute approximate surface area is 135 Å². The molecule has 3 rings (SSSR count). The standard InChI is InChI=1S/C20H19NO2/c1-3-23-20(22)13-18(15-7-5-4-6-8-15)16-9-10-19-17(12-16)11-14(2)21-19/h4-13,21H,3H2,1-2H3. The van der Waals surface area contributed by atoms with Gasteiger partial charge in [0, 0.05) is 22.7 Å². The first-order valence-corrected chi connectivity index (χ1v) is 7.71. The van der Waals surface area contributed by atoms with Gasteiger partial charge in [0.15, 0.2) is 0 Å². The van der Waals surface area contributed by atoms with E-state index in [2.05, 4.69) is 17.1 Å². The van der Waals surface area contributed by atoms with E-state index in [9.17, 15) is 4.79 Å². The van der Waals surface area contributed by atoms with Crippen molar-refractivity contribution in [3.8, 4) is 0 Å². The summed E-state index contributed by atoms with van der Waals surface area (Å²) in [7, 11) is 0. The Balaban J connectivity index is 2.11. The molecule has 0 bridgehead atoms. The van der Waals surface area contributed by atoms with Gasteiger partial charge in [-0.3, -0.25) is 0 Å². The first-order valence-electron chi connectivity index (χ1n) is 7.71. The van der Waals surface area contributed by atoms with Crippen molar-refractivity contribution in [2.45, 2.75) is 13.8 Å². The highest BCUT2D eigenvalue weighted by Crippen LogP contribution is 2.27. The lowest BCUT2D eigenvalue weighted by atomic mass is 9.96. The molecule has 23 heavy (non-hydrogen) atoms. The van der Waals surface area contributed by atoms with Crippen LogP contribution in [0.2, 0.25) is 0 Å². The molecule has 0 aliphatic heterocycles. The minimum absolute atomic E-state index is 0.323. The first-order chi connectivity index (χ1) is 11.2. The van der Waals surface area contributed by atoms with E-state index in [1.807, 2.05) is 56.3 Å². The van der Waals surface area contributed by atoms with Crippen molar-refractivity contribution in [2.24, 2.45) is 0 Å². The summed E-state index contributed by atoms with van der Waals surface area (Å²) < 4.78 is 5.09. The predicted molar refractivity (Wildman–Crippen MR) is 93.2 cm³/mol. The van der Waals surface area contributed by atoms with Gasteiger partial charge in [-0.25, -0.2) is 4.79 Å². The van der Waals surface area contributed by atoms with Gasteiger partial charge < -0.3 is 9.72 Å². The molecule has 2 aromatic carbocycles. The molecule has 3 aromatic rings. The molecule has 0 saturated carbocycles. The Morgan fingerprint density at radius 1 is 1.09 bits per heavy atom. The van der Waals surface area contributed by atoms with Crippen LogP contribution in [-0.2, 0) is 9.53 Å². The molecule has 1 heterocycles. The predicted octanol–water partition coefficient (Wildman–Crippen LogP) is 4.47. The maximum Gasteiger partial charge on any atom is 0.331 e. The number of nitrogens with one attached hydrogen (secondary N) is 1. The number of H-pyrrole nitrogens is 1. The third-order valence-electron chi connectivity index (χ3n) is 3.70. The monoisotopic (exact) mass is 305 g/mol. The van der Waals surface area contributed by atoms with Gasteiger partial charge in [0.25, 0.3) is 0 Å². The van der Waals surface area contributed by atoms with E-state index in [1.54, 1.807) is 6.08 Å². The molecule has 0 atom stereocenters. The van der Waals surface area contributed by atoms with Crippen molar-refractivity contribution in [2.75, 3.05) is 6.61 Å². The van der Waals surface area contributed by atoms with Crippen LogP contribution < -0.4 is 0 Å². The zero-order valence-electron chi connectivity index (χ0n) is 13.3. The van der Waals surface area contributed by atoms with Crippen LogP contribution in [-0.4, -0.2) is 17.6 Å². The number of rotatable bonds is 4. The zero-order valence-corrected chi connectivity index (χ0v) is 13.3. The van der Waals surface area contributed by atoms with Crippen LogP contribution in [0.5, 0.6) is 0 Å². The molecular weight excluding hydrogens is 286 g/mol. The molecule has 0 fully saturated rings. The fourth-order valence-electron chi connectivity index (χ4n) is 2.70. The van der Waals surface area contributed by atoms with Gasteiger partial charge in [-0.2, -0.15) is 0 Å². The number of fused-ring (bicyclic) bond motifs is 1. The molecule has 1 aromatic heterocycles. The van der Waals surface area contributed by atoms with E-state index < -0.39 is 0 Å². The molecule has 1 N–H and O–H groups in total. The van der Waals surface area contributed by atoms with Crippen LogP contribution in [0.4, 0.5) is 0 Å². The summed E-state index contributed by atoms with van der Waals surface area (Å²) in [5, 5.41) is 1.13. The Hall–Kier alpha value is -2.81. The van der Waals surface area contributed by atoms with Gasteiger partial charge in [0.2, 0.25) is 0 Å². The lowest BCUT2D eigenvalue weighted by Crippen LogP contribution is -2.01. The number of carbonyl (C=O) groups excluding carboxylic acids is 1. The van der Waals surface area contributed by atoms with Gasteiger partial charge in [-0.15, -0.1) is 0 Å². The average Bonchev–Trinajstić information content (AvgIpc) is 2.93. The lowest BCUT2D eigenvalue weighted by Gasteiger charge is -2.09. The van der Waals surface area contributed by atoms with Gasteiger partial charge in [0.1, 0.15) is 0 Å². The van der Waals surface area contributed by atoms with E-state index in [0.29, 0.717) is 6.61 Å². The maximum atomic E-state index is 12.0. The van der Waals surface area contributed by atoms with Crippen LogP contribution in [0.25, 0.3) is 16.5 Å². The normalized spacial score (nSPS) is 11.7. The molecule has 116 valence electrons. The second-order valence-electron chi connectivity index (χ2n) is 5.43. The molecule has 0 amide bonds. The van der Waals surface area contributed by atoms with Crippen LogP contribution >= 0.6 is 0 Å². The second kappa shape index (κ2) is 6.53. The Bertz CT molecular complexity index is 860. The fourth-order valence-corrected chi connectivity index (χ4v) is 2.70. The van der Waals surface area contributed by atoms with E-state index in [4.69, 9.17) is 4.74 Å². The molecule has 3 heteroatoms. The van der Waals surface area contributed by atoms with E-state index in [-0.39, 0.29) is 5.97 Å². The van der Waals surface area contributed by atoms with Crippen molar-refractivity contribution in [3.05, 3.63) is 77.5 Å². The molecular formula is C20H19NO2. The highest BCUT2D eigenvalue weighted by molar-refractivity contribution is 5.98. The number of aryl methyl sites for hydroxylation is 1. The molecule has 3 nitrogen and oxygen atoms in total. The van der Waals surface area contributed by atoms with Gasteiger partial charge in [0.05, 0.1) is 6.61 Å². The number of hydrogen-bond donors (Lipinski definition) is 1. The Morgan fingerprint density at radius 3 is 2.61 bits per heavy atom. The Kier molecular flexibility index (Phi) is 4.29. The van der Waals surface area contributed by atoms with Crippen molar-refractivity contribution in [3.63, 3.8) is 0 Å². The summed E-state index contributed by atoms with van der Waals surface area (Å²) in [5.74, 6) is -0.323. The topological polar surface area (TPSA) is 42.1 Å². The first kappa shape index (κ1) is 15.1. The SMILES string of the molecule is CCOC(=O)C=C(c1ccccc1)c1ccc2[nH]c(C)cc2c1. The smallest absolute Gasteiger partial charge is 0.331 e. The minimum Gasteiger partial charge on any atom is -0.463 e. The van der Waals surface area contributed by atoms with Crippen LogP contribution in [0.3, 0.4) is 0 Å². The zero-order chi connectivity index (χ0) is 16.2. The highest BCUT2D eigenvalue weighted by Gasteiger charge is 2.10. The molecule has 0 radical (unpaired) electrons. The number of aromatic nitrogens is 1. The number of aromatic amines is 1. The van der Waals surface area contributed by atoms with E-state index >= 15 is 0 Å². The minimum atomic E-state index is -0.323. The van der Waals surface area contributed by atoms with Crippen molar-refractivity contribution in [1.82, 2.24) is 4.98 Å². The van der Waals surface area contributed by atoms with Crippen LogP contribution in [0.15, 0.2) is 60.7 Å². The quantitative estimate of drug-likeness (QED) is 0.571. The summed E-state index contributed by atoms with van der Waals surface area (Å²) >= 11 is 0. The molecule has 0 aliphatic carbocycles. The third-order valence-corrected chi connectivity index (χ3v) is 3.70. The molecule has 0 spiro atoms. The van der Waals surface area contributed by atoms with Gasteiger partial charge >= 0.3 is 5.97 Å². The summed E-state index contributed by atoms with van der Waals surface area (Å²) in [6.45, 7) is 4.21. The number of hydrogen-bond acceptors (Lipinski definition) is 2. The number of esters is 1. The average molecular weight is 305 g/mol.